The molecule has 2 N–H and O–H groups in total. The minimum Gasteiger partial charge on any atom is -0.481 e. The van der Waals surface area contributed by atoms with Gasteiger partial charge in [-0.25, -0.2) is 4.79 Å². The number of hydrogen-bond acceptors (Lipinski definition) is 6. The average molecular weight is 322 g/mol. The van der Waals surface area contributed by atoms with Gasteiger partial charge in [0.05, 0.1) is 25.7 Å². The summed E-state index contributed by atoms with van der Waals surface area (Å²) in [5, 5.41) is 18.2. The summed E-state index contributed by atoms with van der Waals surface area (Å²) in [4.78, 5) is 21.6. The predicted molar refractivity (Wildman–Crippen MR) is 77.6 cm³/mol. The van der Waals surface area contributed by atoms with E-state index in [9.17, 15) is 19.3 Å². The van der Waals surface area contributed by atoms with Crippen LogP contribution in [0.25, 0.3) is 0 Å². The molecule has 0 aliphatic carbocycles. The van der Waals surface area contributed by atoms with Crippen molar-refractivity contribution in [2.24, 2.45) is 0 Å². The van der Waals surface area contributed by atoms with E-state index in [-0.39, 0.29) is 44.0 Å². The SMILES string of the molecule is C=C(C)C(=O)OCCC(O)COP(=O)(CC)CCC(=O)O. The van der Waals surface area contributed by atoms with Crippen molar-refractivity contribution in [3.05, 3.63) is 12.2 Å². The second-order valence-electron chi connectivity index (χ2n) is 4.65. The van der Waals surface area contributed by atoms with Gasteiger partial charge in [-0.05, 0) is 6.92 Å². The Hall–Kier alpha value is -1.17. The van der Waals surface area contributed by atoms with Crippen molar-refractivity contribution in [1.29, 1.82) is 0 Å². The Kier molecular flexibility index (Phi) is 9.17. The quantitative estimate of drug-likeness (QED) is 0.338. The molecule has 0 bridgehead atoms. The van der Waals surface area contributed by atoms with E-state index in [0.29, 0.717) is 0 Å². The summed E-state index contributed by atoms with van der Waals surface area (Å²) in [5.41, 5.74) is 0.268. The standard InChI is InChI=1S/C13H23O7P/c1-4-21(18,8-6-12(15)16)20-9-11(14)5-7-19-13(17)10(2)3/h11,14H,2,4-9H2,1,3H3,(H,15,16). The summed E-state index contributed by atoms with van der Waals surface area (Å²) in [6.45, 7) is 6.40. The predicted octanol–water partition coefficient (Wildman–Crippen LogP) is 1.65. The maximum absolute atomic E-state index is 12.2. The Morgan fingerprint density at radius 1 is 1.38 bits per heavy atom. The van der Waals surface area contributed by atoms with Crippen LogP contribution in [0.5, 0.6) is 0 Å². The van der Waals surface area contributed by atoms with E-state index in [2.05, 4.69) is 6.58 Å². The van der Waals surface area contributed by atoms with Crippen LogP contribution in [-0.4, -0.2) is 53.8 Å². The van der Waals surface area contributed by atoms with Crippen molar-refractivity contribution in [3.63, 3.8) is 0 Å². The van der Waals surface area contributed by atoms with Crippen LogP contribution >= 0.6 is 7.37 Å². The number of rotatable bonds is 11. The monoisotopic (exact) mass is 322 g/mol. The number of carboxylic acid groups (broad SMARTS) is 1. The molecule has 2 atom stereocenters. The Labute approximate surface area is 124 Å². The fraction of sp³-hybridized carbons (Fsp3) is 0.692. The molecule has 0 heterocycles. The lowest BCUT2D eigenvalue weighted by molar-refractivity contribution is -0.139. The van der Waals surface area contributed by atoms with Crippen LogP contribution in [0.1, 0.15) is 26.7 Å². The van der Waals surface area contributed by atoms with Crippen LogP contribution in [0.4, 0.5) is 0 Å². The first-order chi connectivity index (χ1) is 9.70. The smallest absolute Gasteiger partial charge is 0.333 e. The maximum Gasteiger partial charge on any atom is 0.333 e. The lowest BCUT2D eigenvalue weighted by Gasteiger charge is -2.18. The van der Waals surface area contributed by atoms with E-state index in [4.69, 9.17) is 14.4 Å². The highest BCUT2D eigenvalue weighted by Gasteiger charge is 2.23. The van der Waals surface area contributed by atoms with Gasteiger partial charge in [0, 0.05) is 24.3 Å². The zero-order valence-corrected chi connectivity index (χ0v) is 13.3. The molecule has 0 aliphatic heterocycles. The Bertz CT molecular complexity index is 419. The van der Waals surface area contributed by atoms with Gasteiger partial charge < -0.3 is 19.5 Å². The van der Waals surface area contributed by atoms with E-state index >= 15 is 0 Å². The molecule has 0 fully saturated rings. The first-order valence-electron chi connectivity index (χ1n) is 6.65. The minimum absolute atomic E-state index is 0.00176. The molecule has 21 heavy (non-hydrogen) atoms. The van der Waals surface area contributed by atoms with Crippen LogP contribution in [0.2, 0.25) is 0 Å². The van der Waals surface area contributed by atoms with Crippen molar-refractivity contribution >= 4 is 19.3 Å². The highest BCUT2D eigenvalue weighted by molar-refractivity contribution is 7.58. The zero-order valence-electron chi connectivity index (χ0n) is 12.4. The number of aliphatic carboxylic acids is 1. The van der Waals surface area contributed by atoms with Gasteiger partial charge in [0.15, 0.2) is 0 Å². The number of esters is 1. The van der Waals surface area contributed by atoms with E-state index in [1.165, 1.54) is 6.92 Å². The van der Waals surface area contributed by atoms with Crippen molar-refractivity contribution < 1.29 is 33.6 Å². The van der Waals surface area contributed by atoms with Crippen LogP contribution in [0.3, 0.4) is 0 Å². The highest BCUT2D eigenvalue weighted by Crippen LogP contribution is 2.47. The number of hydrogen-bond donors (Lipinski definition) is 2. The first kappa shape index (κ1) is 19.8. The Morgan fingerprint density at radius 3 is 2.48 bits per heavy atom. The highest BCUT2D eigenvalue weighted by atomic mass is 31.2. The fourth-order valence-electron chi connectivity index (χ4n) is 1.30. The van der Waals surface area contributed by atoms with Crippen molar-refractivity contribution in [1.82, 2.24) is 0 Å². The third-order valence-electron chi connectivity index (χ3n) is 2.68. The van der Waals surface area contributed by atoms with Crippen LogP contribution in [0, 0.1) is 0 Å². The molecule has 0 saturated heterocycles. The van der Waals surface area contributed by atoms with E-state index in [1.807, 2.05) is 0 Å². The number of carbonyl (C=O) groups is 2. The number of aliphatic hydroxyl groups excluding tert-OH is 1. The van der Waals surface area contributed by atoms with Gasteiger partial charge in [-0.3, -0.25) is 9.36 Å². The van der Waals surface area contributed by atoms with Crippen LogP contribution < -0.4 is 0 Å². The van der Waals surface area contributed by atoms with Crippen LogP contribution in [0.15, 0.2) is 12.2 Å². The van der Waals surface area contributed by atoms with Gasteiger partial charge in [-0.1, -0.05) is 13.5 Å². The number of carbonyl (C=O) groups excluding carboxylic acids is 1. The molecule has 8 heteroatoms. The van der Waals surface area contributed by atoms with Crippen molar-refractivity contribution in [2.75, 3.05) is 25.5 Å². The van der Waals surface area contributed by atoms with Gasteiger partial charge in [-0.15, -0.1) is 0 Å². The molecule has 2 unspecified atom stereocenters. The molecule has 0 aromatic carbocycles. The second kappa shape index (κ2) is 9.71. The Balaban J connectivity index is 4.06. The van der Waals surface area contributed by atoms with E-state index in [0.717, 1.165) is 0 Å². The fourth-order valence-corrected chi connectivity index (χ4v) is 2.90. The molecular weight excluding hydrogens is 299 g/mol. The van der Waals surface area contributed by atoms with Crippen LogP contribution in [-0.2, 0) is 23.4 Å². The third-order valence-corrected chi connectivity index (χ3v) is 5.17. The third kappa shape index (κ3) is 9.39. The normalized spacial score (nSPS) is 15.0. The topological polar surface area (TPSA) is 110 Å². The molecule has 0 amide bonds. The largest absolute Gasteiger partial charge is 0.481 e. The Morgan fingerprint density at radius 2 is 2.00 bits per heavy atom. The number of aliphatic hydroxyl groups is 1. The zero-order chi connectivity index (χ0) is 16.5. The van der Waals surface area contributed by atoms with Gasteiger partial charge in [0.25, 0.3) is 0 Å². The molecule has 0 aliphatic rings. The first-order valence-corrected chi connectivity index (χ1v) is 8.65. The molecule has 122 valence electrons. The van der Waals surface area contributed by atoms with E-state index < -0.39 is 25.4 Å². The molecule has 0 spiro atoms. The lowest BCUT2D eigenvalue weighted by atomic mass is 10.3. The number of carboxylic acids is 1. The second-order valence-corrected chi connectivity index (χ2v) is 7.62. The molecular formula is C13H23O7P. The summed E-state index contributed by atoms with van der Waals surface area (Å²) >= 11 is 0. The molecule has 0 aromatic rings. The summed E-state index contributed by atoms with van der Waals surface area (Å²) in [6, 6.07) is 0. The van der Waals surface area contributed by atoms with Gasteiger partial charge in [-0.2, -0.15) is 0 Å². The molecule has 7 nitrogen and oxygen atoms in total. The van der Waals surface area contributed by atoms with Gasteiger partial charge >= 0.3 is 11.9 Å². The molecule has 0 aromatic heterocycles. The summed E-state index contributed by atoms with van der Waals surface area (Å²) in [5.74, 6) is -1.58. The lowest BCUT2D eigenvalue weighted by Crippen LogP contribution is -2.19. The van der Waals surface area contributed by atoms with Crippen molar-refractivity contribution in [2.45, 2.75) is 32.8 Å². The summed E-state index contributed by atoms with van der Waals surface area (Å²) < 4.78 is 22.2. The number of ether oxygens (including phenoxy) is 1. The molecule has 0 saturated carbocycles. The maximum atomic E-state index is 12.2. The average Bonchev–Trinajstić information content (AvgIpc) is 2.42. The molecule has 0 radical (unpaired) electrons. The minimum atomic E-state index is -3.04. The van der Waals surface area contributed by atoms with E-state index in [1.54, 1.807) is 6.92 Å². The van der Waals surface area contributed by atoms with Crippen molar-refractivity contribution in [3.8, 4) is 0 Å². The summed E-state index contributed by atoms with van der Waals surface area (Å²) in [6.07, 6.45) is -0.889. The molecule has 0 rings (SSSR count). The van der Waals surface area contributed by atoms with Gasteiger partial charge in [0.2, 0.25) is 7.37 Å². The van der Waals surface area contributed by atoms with Gasteiger partial charge in [0.1, 0.15) is 0 Å². The summed E-state index contributed by atoms with van der Waals surface area (Å²) in [7, 11) is -3.04.